The summed E-state index contributed by atoms with van der Waals surface area (Å²) in [7, 11) is 0. The molecule has 0 aromatic heterocycles. The van der Waals surface area contributed by atoms with Gasteiger partial charge in [-0.25, -0.2) is 0 Å². The van der Waals surface area contributed by atoms with Crippen molar-refractivity contribution in [3.63, 3.8) is 0 Å². The van der Waals surface area contributed by atoms with Gasteiger partial charge in [-0.05, 0) is 6.92 Å². The van der Waals surface area contributed by atoms with Crippen LogP contribution in [0.15, 0.2) is 12.7 Å². The average molecular weight is 171 g/mol. The van der Waals surface area contributed by atoms with Crippen LogP contribution in [0.25, 0.3) is 0 Å². The third-order valence-electron chi connectivity index (χ3n) is 1.57. The number of carbonyl (C=O) groups is 1. The Hall–Kier alpha value is -1.19. The lowest BCUT2D eigenvalue weighted by atomic mass is 10.1. The number of Topliss-reactive ketones (excluding diaryl/α,β-unsaturated/α-hetero) is 1. The minimum Gasteiger partial charge on any atom is -0.300 e. The molecule has 68 valence electrons. The molecular formula is C8H13NO3. The molecule has 0 radical (unpaired) electrons. The van der Waals surface area contributed by atoms with Crippen LogP contribution in [-0.4, -0.2) is 16.7 Å². The molecule has 4 heteroatoms. The van der Waals surface area contributed by atoms with E-state index in [-0.39, 0.29) is 17.1 Å². The Morgan fingerprint density at radius 1 is 1.75 bits per heavy atom. The number of ketones is 1. The van der Waals surface area contributed by atoms with Gasteiger partial charge < -0.3 is 4.79 Å². The molecule has 0 saturated heterocycles. The van der Waals surface area contributed by atoms with Gasteiger partial charge in [-0.2, -0.15) is 0 Å². The van der Waals surface area contributed by atoms with Gasteiger partial charge in [0.15, 0.2) is 0 Å². The molecule has 4 nitrogen and oxygen atoms in total. The number of nitrogens with zero attached hydrogens (tertiary/aromatic N) is 1. The van der Waals surface area contributed by atoms with Crippen molar-refractivity contribution in [1.29, 1.82) is 0 Å². The Kier molecular flexibility index (Phi) is 4.92. The molecular weight excluding hydrogens is 158 g/mol. The predicted molar refractivity (Wildman–Crippen MR) is 45.5 cm³/mol. The summed E-state index contributed by atoms with van der Waals surface area (Å²) >= 11 is 0. The summed E-state index contributed by atoms with van der Waals surface area (Å²) in [6, 6.07) is -0.647. The lowest BCUT2D eigenvalue weighted by Crippen LogP contribution is -2.19. The molecule has 0 saturated carbocycles. The molecule has 0 aromatic carbocycles. The highest BCUT2D eigenvalue weighted by molar-refractivity contribution is 5.75. The van der Waals surface area contributed by atoms with E-state index in [4.69, 9.17) is 0 Å². The lowest BCUT2D eigenvalue weighted by molar-refractivity contribution is -0.522. The van der Waals surface area contributed by atoms with E-state index in [1.807, 2.05) is 0 Å². The normalized spacial score (nSPS) is 12.1. The Labute approximate surface area is 71.4 Å². The second-order valence-corrected chi connectivity index (χ2v) is 2.70. The second kappa shape index (κ2) is 5.46. The van der Waals surface area contributed by atoms with Gasteiger partial charge in [-0.15, -0.1) is 6.58 Å². The Bertz CT molecular complexity index is 189. The molecule has 0 N–H and O–H groups in total. The molecule has 0 spiro atoms. The van der Waals surface area contributed by atoms with Crippen molar-refractivity contribution < 1.29 is 9.72 Å². The van der Waals surface area contributed by atoms with Crippen LogP contribution in [-0.2, 0) is 4.79 Å². The summed E-state index contributed by atoms with van der Waals surface area (Å²) in [5.74, 6) is -0.00841. The van der Waals surface area contributed by atoms with Gasteiger partial charge in [-0.1, -0.05) is 6.08 Å². The van der Waals surface area contributed by atoms with Gasteiger partial charge in [0.05, 0.1) is 0 Å². The van der Waals surface area contributed by atoms with Crippen molar-refractivity contribution in [1.82, 2.24) is 0 Å². The fraction of sp³-hybridized carbons (Fsp3) is 0.625. The largest absolute Gasteiger partial charge is 0.300 e. The van der Waals surface area contributed by atoms with Crippen LogP contribution >= 0.6 is 0 Å². The third-order valence-corrected chi connectivity index (χ3v) is 1.57. The van der Waals surface area contributed by atoms with Crippen LogP contribution in [0.2, 0.25) is 0 Å². The molecule has 0 aliphatic heterocycles. The van der Waals surface area contributed by atoms with Crippen molar-refractivity contribution in [2.75, 3.05) is 0 Å². The Morgan fingerprint density at radius 3 is 2.67 bits per heavy atom. The number of hydrogen-bond acceptors (Lipinski definition) is 3. The predicted octanol–water partition coefficient (Wildman–Crippen LogP) is 1.58. The molecule has 0 aliphatic carbocycles. The minimum atomic E-state index is -0.647. The first-order valence-electron chi connectivity index (χ1n) is 3.81. The van der Waals surface area contributed by atoms with Gasteiger partial charge in [0.25, 0.3) is 0 Å². The highest BCUT2D eigenvalue weighted by atomic mass is 16.6. The summed E-state index contributed by atoms with van der Waals surface area (Å²) in [6.07, 6.45) is 2.43. The summed E-state index contributed by atoms with van der Waals surface area (Å²) in [5.41, 5.74) is 0. The maximum absolute atomic E-state index is 10.5. The summed E-state index contributed by atoms with van der Waals surface area (Å²) < 4.78 is 0. The van der Waals surface area contributed by atoms with E-state index in [1.54, 1.807) is 0 Å². The van der Waals surface area contributed by atoms with E-state index < -0.39 is 6.04 Å². The quantitative estimate of drug-likeness (QED) is 0.346. The summed E-state index contributed by atoms with van der Waals surface area (Å²) in [4.78, 5) is 20.5. The monoisotopic (exact) mass is 171 g/mol. The summed E-state index contributed by atoms with van der Waals surface area (Å²) in [5, 5.41) is 10.3. The average Bonchev–Trinajstić information content (AvgIpc) is 1.96. The van der Waals surface area contributed by atoms with Crippen molar-refractivity contribution in [2.24, 2.45) is 0 Å². The van der Waals surface area contributed by atoms with Gasteiger partial charge >= 0.3 is 0 Å². The van der Waals surface area contributed by atoms with Crippen molar-refractivity contribution in [2.45, 2.75) is 32.2 Å². The highest BCUT2D eigenvalue weighted by Gasteiger charge is 2.17. The van der Waals surface area contributed by atoms with Gasteiger partial charge in [-0.3, -0.25) is 10.1 Å². The molecule has 0 rings (SSSR count). The van der Waals surface area contributed by atoms with E-state index >= 15 is 0 Å². The smallest absolute Gasteiger partial charge is 0.216 e. The number of carbonyl (C=O) groups excluding carboxylic acids is 1. The molecule has 0 heterocycles. The van der Waals surface area contributed by atoms with E-state index in [1.165, 1.54) is 13.0 Å². The Balaban J connectivity index is 3.86. The lowest BCUT2D eigenvalue weighted by Gasteiger charge is -2.04. The molecule has 0 fully saturated rings. The zero-order valence-electron chi connectivity index (χ0n) is 7.16. The number of hydrogen-bond donors (Lipinski definition) is 0. The van der Waals surface area contributed by atoms with Crippen LogP contribution in [0.3, 0.4) is 0 Å². The van der Waals surface area contributed by atoms with E-state index in [0.717, 1.165) is 0 Å². The molecule has 1 atom stereocenters. The zero-order chi connectivity index (χ0) is 9.56. The van der Waals surface area contributed by atoms with Crippen LogP contribution in [0.1, 0.15) is 26.2 Å². The van der Waals surface area contributed by atoms with E-state index in [9.17, 15) is 14.9 Å². The maximum Gasteiger partial charge on any atom is 0.216 e. The van der Waals surface area contributed by atoms with Gasteiger partial charge in [0, 0.05) is 24.2 Å². The Morgan fingerprint density at radius 2 is 2.33 bits per heavy atom. The molecule has 0 bridgehead atoms. The first-order chi connectivity index (χ1) is 5.57. The SMILES string of the molecule is C=CCC(CCC(C)=O)[N+](=O)[O-]. The first-order valence-corrected chi connectivity index (χ1v) is 3.81. The first kappa shape index (κ1) is 10.8. The molecule has 0 aromatic rings. The zero-order valence-corrected chi connectivity index (χ0v) is 7.16. The fourth-order valence-electron chi connectivity index (χ4n) is 0.872. The molecule has 1 unspecified atom stereocenters. The van der Waals surface area contributed by atoms with Crippen molar-refractivity contribution in [3.8, 4) is 0 Å². The van der Waals surface area contributed by atoms with Crippen molar-refractivity contribution >= 4 is 5.78 Å². The molecule has 0 amide bonds. The topological polar surface area (TPSA) is 60.2 Å². The summed E-state index contributed by atoms with van der Waals surface area (Å²) in [6.45, 7) is 4.86. The van der Waals surface area contributed by atoms with Gasteiger partial charge in [0.2, 0.25) is 6.04 Å². The molecule has 0 aliphatic rings. The molecule has 12 heavy (non-hydrogen) atoms. The fourth-order valence-corrected chi connectivity index (χ4v) is 0.872. The van der Waals surface area contributed by atoms with E-state index in [0.29, 0.717) is 12.8 Å². The van der Waals surface area contributed by atoms with Crippen LogP contribution in [0.4, 0.5) is 0 Å². The number of nitro groups is 1. The second-order valence-electron chi connectivity index (χ2n) is 2.70. The highest BCUT2D eigenvalue weighted by Crippen LogP contribution is 2.06. The third kappa shape index (κ3) is 4.60. The van der Waals surface area contributed by atoms with Crippen LogP contribution in [0, 0.1) is 10.1 Å². The maximum atomic E-state index is 10.5. The number of rotatable bonds is 6. The van der Waals surface area contributed by atoms with Crippen LogP contribution in [0.5, 0.6) is 0 Å². The van der Waals surface area contributed by atoms with E-state index in [2.05, 4.69) is 6.58 Å². The van der Waals surface area contributed by atoms with Crippen LogP contribution < -0.4 is 0 Å². The standard InChI is InChI=1S/C8H13NO3/c1-3-4-8(9(11)12)6-5-7(2)10/h3,8H,1,4-6H2,2H3. The minimum absolute atomic E-state index is 0.00841. The van der Waals surface area contributed by atoms with Crippen molar-refractivity contribution in [3.05, 3.63) is 22.8 Å². The van der Waals surface area contributed by atoms with Gasteiger partial charge in [0.1, 0.15) is 5.78 Å².